The fourth-order valence-corrected chi connectivity index (χ4v) is 1.73. The van der Waals surface area contributed by atoms with E-state index in [2.05, 4.69) is 9.97 Å². The second kappa shape index (κ2) is 3.15. The zero-order valence-corrected chi connectivity index (χ0v) is 8.47. The van der Waals surface area contributed by atoms with E-state index in [9.17, 15) is 0 Å². The topological polar surface area (TPSA) is 77.8 Å². The quantitative estimate of drug-likeness (QED) is 0.725. The van der Waals surface area contributed by atoms with Gasteiger partial charge in [-0.2, -0.15) is 4.98 Å². The standard InChI is InChI=1S/C8H6Cl2N4/c9-3-1-4-6(5(10)2-3)13-8(12)14-7(4)11/h1-2H,(H4,11,12,13,14). The molecule has 14 heavy (non-hydrogen) atoms. The number of nitrogens with two attached hydrogens (primary N) is 2. The highest BCUT2D eigenvalue weighted by Gasteiger charge is 2.07. The van der Waals surface area contributed by atoms with Gasteiger partial charge in [0.25, 0.3) is 0 Å². The van der Waals surface area contributed by atoms with Gasteiger partial charge in [-0.05, 0) is 12.1 Å². The lowest BCUT2D eigenvalue weighted by atomic mass is 10.2. The molecular formula is C8H6Cl2N4. The molecule has 1 aromatic carbocycles. The zero-order chi connectivity index (χ0) is 10.3. The first kappa shape index (κ1) is 9.30. The lowest BCUT2D eigenvalue weighted by Crippen LogP contribution is -2.00. The average molecular weight is 229 g/mol. The van der Waals surface area contributed by atoms with E-state index in [4.69, 9.17) is 34.7 Å². The normalized spacial score (nSPS) is 10.7. The SMILES string of the molecule is Nc1nc(N)c2cc(Cl)cc(Cl)c2n1. The van der Waals surface area contributed by atoms with Crippen LogP contribution in [0.2, 0.25) is 10.0 Å². The minimum Gasteiger partial charge on any atom is -0.383 e. The van der Waals surface area contributed by atoms with Crippen molar-refractivity contribution in [3.05, 3.63) is 22.2 Å². The van der Waals surface area contributed by atoms with Crippen molar-refractivity contribution >= 4 is 45.9 Å². The molecule has 0 amide bonds. The van der Waals surface area contributed by atoms with Crippen molar-refractivity contribution in [2.75, 3.05) is 11.5 Å². The van der Waals surface area contributed by atoms with Gasteiger partial charge in [0.1, 0.15) is 5.82 Å². The summed E-state index contributed by atoms with van der Waals surface area (Å²) in [6.45, 7) is 0. The van der Waals surface area contributed by atoms with E-state index in [0.717, 1.165) is 0 Å². The Labute approximate surface area is 89.8 Å². The summed E-state index contributed by atoms with van der Waals surface area (Å²) < 4.78 is 0. The van der Waals surface area contributed by atoms with Crippen molar-refractivity contribution in [1.29, 1.82) is 0 Å². The van der Waals surface area contributed by atoms with Gasteiger partial charge in [0, 0.05) is 10.4 Å². The summed E-state index contributed by atoms with van der Waals surface area (Å²) >= 11 is 11.7. The Bertz CT molecular complexity index is 465. The molecule has 2 aromatic rings. The Hall–Kier alpha value is -1.26. The predicted octanol–water partition coefficient (Wildman–Crippen LogP) is 2.10. The highest BCUT2D eigenvalue weighted by molar-refractivity contribution is 6.38. The fourth-order valence-electron chi connectivity index (χ4n) is 1.20. The molecule has 0 fully saturated rings. The van der Waals surface area contributed by atoms with Crippen LogP contribution in [-0.4, -0.2) is 9.97 Å². The van der Waals surface area contributed by atoms with Gasteiger partial charge in [-0.25, -0.2) is 4.98 Å². The van der Waals surface area contributed by atoms with Crippen molar-refractivity contribution in [3.8, 4) is 0 Å². The Kier molecular flexibility index (Phi) is 2.09. The van der Waals surface area contributed by atoms with Crippen molar-refractivity contribution in [2.45, 2.75) is 0 Å². The molecule has 6 heteroatoms. The molecule has 0 saturated heterocycles. The number of aromatic nitrogens is 2. The fraction of sp³-hybridized carbons (Fsp3) is 0. The minimum absolute atomic E-state index is 0.0965. The van der Waals surface area contributed by atoms with Gasteiger partial charge < -0.3 is 11.5 Å². The van der Waals surface area contributed by atoms with Gasteiger partial charge in [-0.15, -0.1) is 0 Å². The lowest BCUT2D eigenvalue weighted by molar-refractivity contribution is 1.25. The van der Waals surface area contributed by atoms with Crippen LogP contribution in [0.25, 0.3) is 10.9 Å². The monoisotopic (exact) mass is 228 g/mol. The van der Waals surface area contributed by atoms with Crippen molar-refractivity contribution in [1.82, 2.24) is 9.97 Å². The molecule has 0 unspecified atom stereocenters. The molecule has 0 aliphatic rings. The number of nitrogens with zero attached hydrogens (tertiary/aromatic N) is 2. The summed E-state index contributed by atoms with van der Waals surface area (Å²) in [6.07, 6.45) is 0. The predicted molar refractivity (Wildman–Crippen MR) is 58.4 cm³/mol. The third-order valence-electron chi connectivity index (χ3n) is 1.77. The van der Waals surface area contributed by atoms with Crippen LogP contribution in [0.5, 0.6) is 0 Å². The maximum atomic E-state index is 5.92. The third kappa shape index (κ3) is 1.42. The molecule has 72 valence electrons. The largest absolute Gasteiger partial charge is 0.383 e. The number of hydrogen-bond donors (Lipinski definition) is 2. The van der Waals surface area contributed by atoms with Crippen LogP contribution in [0.3, 0.4) is 0 Å². The molecule has 0 saturated carbocycles. The number of anilines is 2. The molecule has 0 spiro atoms. The highest BCUT2D eigenvalue weighted by Crippen LogP contribution is 2.29. The Morgan fingerprint density at radius 3 is 2.50 bits per heavy atom. The number of fused-ring (bicyclic) bond motifs is 1. The molecule has 0 atom stereocenters. The van der Waals surface area contributed by atoms with Crippen LogP contribution in [-0.2, 0) is 0 Å². The maximum Gasteiger partial charge on any atom is 0.222 e. The first-order valence-corrected chi connectivity index (χ1v) is 4.51. The summed E-state index contributed by atoms with van der Waals surface area (Å²) in [5, 5.41) is 1.51. The van der Waals surface area contributed by atoms with Gasteiger partial charge in [-0.1, -0.05) is 23.2 Å². The molecule has 2 rings (SSSR count). The van der Waals surface area contributed by atoms with Crippen LogP contribution in [0.1, 0.15) is 0 Å². The molecule has 1 heterocycles. The summed E-state index contributed by atoms with van der Waals surface area (Å²) in [5.74, 6) is 0.371. The maximum absolute atomic E-state index is 5.92. The van der Waals surface area contributed by atoms with E-state index in [-0.39, 0.29) is 11.8 Å². The Morgan fingerprint density at radius 2 is 1.79 bits per heavy atom. The Morgan fingerprint density at radius 1 is 1.07 bits per heavy atom. The molecule has 0 aliphatic heterocycles. The Balaban J connectivity index is 2.94. The molecular weight excluding hydrogens is 223 g/mol. The van der Waals surface area contributed by atoms with E-state index in [1.54, 1.807) is 12.1 Å². The van der Waals surface area contributed by atoms with Gasteiger partial charge in [-0.3, -0.25) is 0 Å². The van der Waals surface area contributed by atoms with E-state index in [0.29, 0.717) is 20.9 Å². The molecule has 1 aromatic heterocycles. The van der Waals surface area contributed by atoms with Gasteiger partial charge >= 0.3 is 0 Å². The molecule has 0 radical (unpaired) electrons. The second-order valence-corrected chi connectivity index (χ2v) is 3.59. The lowest BCUT2D eigenvalue weighted by Gasteiger charge is -2.04. The van der Waals surface area contributed by atoms with Crippen LogP contribution >= 0.6 is 23.2 Å². The molecule has 4 N–H and O–H groups in total. The zero-order valence-electron chi connectivity index (χ0n) is 6.96. The average Bonchev–Trinajstić information content (AvgIpc) is 2.07. The van der Waals surface area contributed by atoms with E-state index in [1.165, 1.54) is 0 Å². The number of nitrogen functional groups attached to an aromatic ring is 2. The summed E-state index contributed by atoms with van der Waals surface area (Å²) in [6, 6.07) is 3.23. The first-order chi connectivity index (χ1) is 6.58. The van der Waals surface area contributed by atoms with Gasteiger partial charge in [0.2, 0.25) is 5.95 Å². The van der Waals surface area contributed by atoms with Gasteiger partial charge in [0.05, 0.1) is 10.5 Å². The van der Waals surface area contributed by atoms with Crippen molar-refractivity contribution < 1.29 is 0 Å². The highest BCUT2D eigenvalue weighted by atomic mass is 35.5. The molecule has 0 bridgehead atoms. The summed E-state index contributed by atoms with van der Waals surface area (Å²) in [5.41, 5.74) is 11.6. The number of hydrogen-bond acceptors (Lipinski definition) is 4. The number of halogens is 2. The number of rotatable bonds is 0. The summed E-state index contributed by atoms with van der Waals surface area (Å²) in [4.78, 5) is 7.78. The first-order valence-electron chi connectivity index (χ1n) is 3.75. The van der Waals surface area contributed by atoms with E-state index >= 15 is 0 Å². The smallest absolute Gasteiger partial charge is 0.222 e. The van der Waals surface area contributed by atoms with Gasteiger partial charge in [0.15, 0.2) is 0 Å². The van der Waals surface area contributed by atoms with Crippen molar-refractivity contribution in [2.24, 2.45) is 0 Å². The van der Waals surface area contributed by atoms with Crippen LogP contribution in [0, 0.1) is 0 Å². The van der Waals surface area contributed by atoms with Crippen LogP contribution < -0.4 is 11.5 Å². The van der Waals surface area contributed by atoms with E-state index in [1.807, 2.05) is 0 Å². The number of benzene rings is 1. The molecule has 4 nitrogen and oxygen atoms in total. The second-order valence-electron chi connectivity index (χ2n) is 2.75. The minimum atomic E-state index is 0.0965. The van der Waals surface area contributed by atoms with E-state index < -0.39 is 0 Å². The van der Waals surface area contributed by atoms with Crippen LogP contribution in [0.15, 0.2) is 12.1 Å². The van der Waals surface area contributed by atoms with Crippen LogP contribution in [0.4, 0.5) is 11.8 Å². The van der Waals surface area contributed by atoms with Crippen molar-refractivity contribution in [3.63, 3.8) is 0 Å². The molecule has 0 aliphatic carbocycles. The summed E-state index contributed by atoms with van der Waals surface area (Å²) in [7, 11) is 0. The third-order valence-corrected chi connectivity index (χ3v) is 2.27.